The Morgan fingerprint density at radius 3 is 2.44 bits per heavy atom. The van der Waals surface area contributed by atoms with Crippen molar-refractivity contribution in [2.24, 2.45) is 5.73 Å². The van der Waals surface area contributed by atoms with Gasteiger partial charge in [0.2, 0.25) is 0 Å². The minimum atomic E-state index is -0.162. The Morgan fingerprint density at radius 1 is 0.889 bits per heavy atom. The Hall–Kier alpha value is -5.22. The quantitative estimate of drug-likeness (QED) is 0.0661. The van der Waals surface area contributed by atoms with Crippen LogP contribution in [0.1, 0.15) is 80.9 Å². The molecule has 1 saturated heterocycles. The molecule has 2 aromatic heterocycles. The number of nitrogens with zero attached hydrogens (tertiary/aromatic N) is 4. The van der Waals surface area contributed by atoms with Crippen LogP contribution in [0.25, 0.3) is 10.9 Å². The van der Waals surface area contributed by atoms with Gasteiger partial charge in [-0.2, -0.15) is 5.10 Å². The first-order valence-corrected chi connectivity index (χ1v) is 19.7. The van der Waals surface area contributed by atoms with Gasteiger partial charge in [-0.05, 0) is 124 Å². The van der Waals surface area contributed by atoms with Gasteiger partial charge < -0.3 is 21.3 Å². The number of nitrogens with two attached hydrogens (primary N) is 1. The molecule has 12 heteroatoms. The van der Waals surface area contributed by atoms with Crippen LogP contribution in [-0.4, -0.2) is 75.7 Å². The number of aromatic amines is 1. The number of fused-ring (bicyclic) bond motifs is 1. The summed E-state index contributed by atoms with van der Waals surface area (Å²) < 4.78 is 1.69. The number of hydrogen-bond acceptors (Lipinski definition) is 8. The van der Waals surface area contributed by atoms with Crippen molar-refractivity contribution >= 4 is 34.5 Å². The summed E-state index contributed by atoms with van der Waals surface area (Å²) in [6.07, 6.45) is 9.71. The average molecular weight is 745 g/mol. The number of thioether (sulfide) groups is 1. The molecule has 6 rings (SSSR count). The summed E-state index contributed by atoms with van der Waals surface area (Å²) in [4.78, 5) is 47.2. The fraction of sp³-hybridized carbons (Fsp3) is 0.357. The summed E-state index contributed by atoms with van der Waals surface area (Å²) >= 11 is 1.61. The third-order valence-corrected chi connectivity index (χ3v) is 10.7. The molecule has 3 aromatic carbocycles. The maximum Gasteiger partial charge on any atom is 0.261 e. The third-order valence-electron chi connectivity index (χ3n) is 9.57. The standard InChI is InChI=1S/C42H48N8O3S/c1-30-48-38-25-32(11-16-37(38)42(53)50(30)23-6-18-43)29-54-39-17-15-36(41(52)44-19-5-7-33-27-46-47-28-33)26-35(39)14-10-31-8-12-34(13-9-31)40(51)45-20-24-49-21-3-2-4-22-49/h8-9,11-13,15-17,25-28H,2-7,18-24,29,43H2,1H3,(H,44,52)(H,45,51)(H,46,47). The molecular weight excluding hydrogens is 697 g/mol. The molecule has 0 atom stereocenters. The average Bonchev–Trinajstić information content (AvgIpc) is 3.72. The molecule has 5 aromatic rings. The van der Waals surface area contributed by atoms with Gasteiger partial charge in [0.05, 0.1) is 17.1 Å². The normalized spacial score (nSPS) is 13.0. The highest BCUT2D eigenvalue weighted by Gasteiger charge is 2.13. The van der Waals surface area contributed by atoms with E-state index in [2.05, 4.69) is 37.6 Å². The smallest absolute Gasteiger partial charge is 0.261 e. The monoisotopic (exact) mass is 744 g/mol. The molecule has 1 aliphatic heterocycles. The number of rotatable bonds is 15. The number of aryl methyl sites for hydroxylation is 2. The number of amides is 2. The van der Waals surface area contributed by atoms with Crippen molar-refractivity contribution < 1.29 is 9.59 Å². The van der Waals surface area contributed by atoms with Gasteiger partial charge in [0.25, 0.3) is 17.4 Å². The predicted octanol–water partition coefficient (Wildman–Crippen LogP) is 5.05. The molecule has 280 valence electrons. The van der Waals surface area contributed by atoms with Gasteiger partial charge in [-0.1, -0.05) is 24.3 Å². The number of hydrogen-bond donors (Lipinski definition) is 4. The first-order valence-electron chi connectivity index (χ1n) is 18.7. The largest absolute Gasteiger partial charge is 0.352 e. The highest BCUT2D eigenvalue weighted by molar-refractivity contribution is 7.98. The Labute approximate surface area is 320 Å². The maximum atomic E-state index is 13.2. The maximum absolute atomic E-state index is 13.2. The van der Waals surface area contributed by atoms with Crippen molar-refractivity contribution in [2.75, 3.05) is 39.3 Å². The van der Waals surface area contributed by atoms with Crippen LogP contribution >= 0.6 is 11.8 Å². The molecule has 2 amide bonds. The molecule has 0 saturated carbocycles. The lowest BCUT2D eigenvalue weighted by atomic mass is 10.1. The Bertz CT molecular complexity index is 2160. The van der Waals surface area contributed by atoms with E-state index in [9.17, 15) is 14.4 Å². The Kier molecular flexibility index (Phi) is 13.7. The van der Waals surface area contributed by atoms with Gasteiger partial charge in [-0.3, -0.25) is 24.0 Å². The second-order valence-electron chi connectivity index (χ2n) is 13.6. The van der Waals surface area contributed by atoms with Gasteiger partial charge in [0.15, 0.2) is 0 Å². The van der Waals surface area contributed by atoms with Crippen molar-refractivity contribution in [2.45, 2.75) is 62.6 Å². The summed E-state index contributed by atoms with van der Waals surface area (Å²) in [6.45, 7) is 7.13. The molecule has 0 unspecified atom stereocenters. The molecule has 0 radical (unpaired) electrons. The minimum Gasteiger partial charge on any atom is -0.352 e. The van der Waals surface area contributed by atoms with Crippen LogP contribution < -0.4 is 21.9 Å². The molecule has 5 N–H and O–H groups in total. The van der Waals surface area contributed by atoms with Crippen LogP contribution in [0, 0.1) is 18.8 Å². The molecule has 11 nitrogen and oxygen atoms in total. The second-order valence-corrected chi connectivity index (χ2v) is 14.6. The van der Waals surface area contributed by atoms with Crippen molar-refractivity contribution in [3.63, 3.8) is 0 Å². The molecule has 54 heavy (non-hydrogen) atoms. The number of piperidine rings is 1. The topological polar surface area (TPSA) is 151 Å². The molecule has 3 heterocycles. The van der Waals surface area contributed by atoms with Crippen LogP contribution in [0.5, 0.6) is 0 Å². The minimum absolute atomic E-state index is 0.0559. The summed E-state index contributed by atoms with van der Waals surface area (Å²) in [7, 11) is 0. The van der Waals surface area contributed by atoms with E-state index in [4.69, 9.17) is 10.7 Å². The van der Waals surface area contributed by atoms with Gasteiger partial charge in [0.1, 0.15) is 5.82 Å². The van der Waals surface area contributed by atoms with Crippen molar-refractivity contribution in [3.05, 3.63) is 123 Å². The van der Waals surface area contributed by atoms with E-state index in [1.165, 1.54) is 19.3 Å². The van der Waals surface area contributed by atoms with E-state index in [-0.39, 0.29) is 17.4 Å². The first kappa shape index (κ1) is 38.5. The summed E-state index contributed by atoms with van der Waals surface area (Å²) in [6, 6.07) is 18.7. The van der Waals surface area contributed by atoms with Crippen LogP contribution in [0.2, 0.25) is 0 Å². The fourth-order valence-electron chi connectivity index (χ4n) is 6.50. The van der Waals surface area contributed by atoms with Gasteiger partial charge in [-0.25, -0.2) is 4.98 Å². The van der Waals surface area contributed by atoms with E-state index in [1.807, 2.05) is 61.7 Å². The number of likely N-dealkylation sites (tertiary alicyclic amines) is 1. The third kappa shape index (κ3) is 10.5. The van der Waals surface area contributed by atoms with Crippen LogP contribution in [-0.2, 0) is 18.7 Å². The lowest BCUT2D eigenvalue weighted by Gasteiger charge is -2.26. The highest BCUT2D eigenvalue weighted by Crippen LogP contribution is 2.28. The molecule has 1 aliphatic rings. The number of aromatic nitrogens is 4. The van der Waals surface area contributed by atoms with E-state index in [0.717, 1.165) is 59.6 Å². The lowest BCUT2D eigenvalue weighted by Crippen LogP contribution is -2.37. The van der Waals surface area contributed by atoms with Crippen molar-refractivity contribution in [1.29, 1.82) is 0 Å². The highest BCUT2D eigenvalue weighted by atomic mass is 32.2. The van der Waals surface area contributed by atoms with Gasteiger partial charge >= 0.3 is 0 Å². The zero-order valence-corrected chi connectivity index (χ0v) is 31.6. The van der Waals surface area contributed by atoms with Crippen molar-refractivity contribution in [3.8, 4) is 11.8 Å². The van der Waals surface area contributed by atoms with Gasteiger partial charge in [-0.15, -0.1) is 11.8 Å². The Morgan fingerprint density at radius 2 is 1.67 bits per heavy atom. The molecule has 0 spiro atoms. The molecule has 0 bridgehead atoms. The van der Waals surface area contributed by atoms with Crippen molar-refractivity contribution in [1.82, 2.24) is 35.3 Å². The molecule has 1 fully saturated rings. The number of carbonyl (C=O) groups excluding carboxylic acids is 2. The van der Waals surface area contributed by atoms with Gasteiger partial charge in [0, 0.05) is 65.3 Å². The van der Waals surface area contributed by atoms with E-state index >= 15 is 0 Å². The first-order chi connectivity index (χ1) is 26.4. The van der Waals surface area contributed by atoms with E-state index in [0.29, 0.717) is 66.2 Å². The second kappa shape index (κ2) is 19.2. The number of H-pyrrole nitrogens is 1. The molecular formula is C42H48N8O3S. The Balaban J connectivity index is 1.16. The zero-order chi connectivity index (χ0) is 37.7. The number of nitrogens with one attached hydrogen (secondary N) is 3. The van der Waals surface area contributed by atoms with Crippen LogP contribution in [0.15, 0.2) is 82.7 Å². The summed E-state index contributed by atoms with van der Waals surface area (Å²) in [5, 5.41) is 13.4. The number of carbonyl (C=O) groups is 2. The van der Waals surface area contributed by atoms with Crippen LogP contribution in [0.3, 0.4) is 0 Å². The predicted molar refractivity (Wildman–Crippen MR) is 215 cm³/mol. The summed E-state index contributed by atoms with van der Waals surface area (Å²) in [5.74, 6) is 7.57. The SMILES string of the molecule is Cc1nc2cc(CSc3ccc(C(=O)NCCCc4cn[nH]c4)cc3C#Cc3ccc(C(=O)NCCN4CCCCC4)cc3)ccc2c(=O)n1CCCN. The lowest BCUT2D eigenvalue weighted by molar-refractivity contribution is 0.0941. The fourth-order valence-corrected chi connectivity index (χ4v) is 7.44. The van der Waals surface area contributed by atoms with E-state index < -0.39 is 0 Å². The van der Waals surface area contributed by atoms with E-state index in [1.54, 1.807) is 34.7 Å². The zero-order valence-electron chi connectivity index (χ0n) is 30.8. The van der Waals surface area contributed by atoms with Crippen LogP contribution in [0.4, 0.5) is 0 Å². The summed E-state index contributed by atoms with van der Waals surface area (Å²) in [5.41, 5.74) is 11.0. The number of benzene rings is 3. The molecule has 0 aliphatic carbocycles.